The SMILES string of the molecule is NS(=O)(=O)c1ccc(NCC(O)Cc2ccccc2)c([N+](=O)[O-])c1. The number of hydrogen-bond acceptors (Lipinski definition) is 6. The molecule has 0 radical (unpaired) electrons. The predicted octanol–water partition coefficient (Wildman–Crippen LogP) is 1.26. The number of rotatable bonds is 7. The molecule has 0 aromatic heterocycles. The molecule has 2 rings (SSSR count). The first kappa shape index (κ1) is 17.9. The van der Waals surface area contributed by atoms with Crippen molar-refractivity contribution < 1.29 is 18.4 Å². The third kappa shape index (κ3) is 4.75. The number of nitrogens with two attached hydrogens (primary N) is 1. The van der Waals surface area contributed by atoms with Crippen LogP contribution in [0.1, 0.15) is 5.56 Å². The lowest BCUT2D eigenvalue weighted by atomic mass is 10.1. The lowest BCUT2D eigenvalue weighted by molar-refractivity contribution is -0.384. The summed E-state index contributed by atoms with van der Waals surface area (Å²) in [6, 6.07) is 12.6. The number of anilines is 1. The van der Waals surface area contributed by atoms with Crippen molar-refractivity contribution in [2.24, 2.45) is 5.14 Å². The Morgan fingerprint density at radius 2 is 1.88 bits per heavy atom. The Hall–Kier alpha value is -2.49. The number of aliphatic hydroxyl groups excluding tert-OH is 1. The molecule has 0 bridgehead atoms. The van der Waals surface area contributed by atoms with Crippen LogP contribution in [0.4, 0.5) is 11.4 Å². The highest BCUT2D eigenvalue weighted by Gasteiger charge is 2.19. The maximum atomic E-state index is 11.3. The van der Waals surface area contributed by atoms with Crippen LogP contribution >= 0.6 is 0 Å². The van der Waals surface area contributed by atoms with Gasteiger partial charge in [0.1, 0.15) is 5.69 Å². The molecule has 0 aliphatic rings. The zero-order chi connectivity index (χ0) is 17.7. The van der Waals surface area contributed by atoms with Crippen LogP contribution in [-0.2, 0) is 16.4 Å². The molecule has 4 N–H and O–H groups in total. The Labute approximate surface area is 139 Å². The summed E-state index contributed by atoms with van der Waals surface area (Å²) in [6.07, 6.45) is -0.374. The van der Waals surface area contributed by atoms with E-state index in [4.69, 9.17) is 5.14 Å². The van der Waals surface area contributed by atoms with Gasteiger partial charge in [-0.25, -0.2) is 13.6 Å². The highest BCUT2D eigenvalue weighted by Crippen LogP contribution is 2.27. The number of nitro groups is 1. The second-order valence-corrected chi connectivity index (χ2v) is 6.77. The van der Waals surface area contributed by atoms with E-state index in [1.165, 1.54) is 12.1 Å². The smallest absolute Gasteiger partial charge is 0.293 e. The van der Waals surface area contributed by atoms with Crippen LogP contribution in [0.25, 0.3) is 0 Å². The zero-order valence-corrected chi connectivity index (χ0v) is 13.4. The van der Waals surface area contributed by atoms with E-state index in [0.29, 0.717) is 6.42 Å². The molecule has 0 spiro atoms. The fourth-order valence-electron chi connectivity index (χ4n) is 2.18. The molecular formula is C15H17N3O5S. The largest absolute Gasteiger partial charge is 0.391 e. The second-order valence-electron chi connectivity index (χ2n) is 5.21. The Morgan fingerprint density at radius 3 is 2.46 bits per heavy atom. The summed E-state index contributed by atoms with van der Waals surface area (Å²) in [5.74, 6) is 0. The molecule has 0 heterocycles. The van der Waals surface area contributed by atoms with Crippen LogP contribution in [-0.4, -0.2) is 31.1 Å². The maximum Gasteiger partial charge on any atom is 0.293 e. The first-order valence-corrected chi connectivity index (χ1v) is 8.59. The van der Waals surface area contributed by atoms with E-state index in [1.807, 2.05) is 30.3 Å². The summed E-state index contributed by atoms with van der Waals surface area (Å²) in [7, 11) is -4.03. The lowest BCUT2D eigenvalue weighted by Gasteiger charge is -2.13. The summed E-state index contributed by atoms with van der Waals surface area (Å²) in [6.45, 7) is 0.0739. The number of sulfonamides is 1. The highest BCUT2D eigenvalue weighted by atomic mass is 32.2. The van der Waals surface area contributed by atoms with E-state index in [2.05, 4.69) is 5.32 Å². The van der Waals surface area contributed by atoms with Crippen LogP contribution in [0.5, 0.6) is 0 Å². The Morgan fingerprint density at radius 1 is 1.21 bits per heavy atom. The number of nitro benzene ring substituents is 1. The maximum absolute atomic E-state index is 11.3. The number of hydrogen-bond donors (Lipinski definition) is 3. The van der Waals surface area contributed by atoms with Crippen molar-refractivity contribution in [3.05, 3.63) is 64.2 Å². The van der Waals surface area contributed by atoms with Crippen molar-refractivity contribution in [2.75, 3.05) is 11.9 Å². The standard InChI is InChI=1S/C15H17N3O5S/c16-24(22,23)13-6-7-14(15(9-13)18(20)21)17-10-12(19)8-11-4-2-1-3-5-11/h1-7,9,12,17,19H,8,10H2,(H2,16,22,23). The third-order valence-corrected chi connectivity index (χ3v) is 4.25. The summed E-state index contributed by atoms with van der Waals surface area (Å²) in [5.41, 5.74) is 0.624. The summed E-state index contributed by atoms with van der Waals surface area (Å²) in [5, 5.41) is 28.9. The fourth-order valence-corrected chi connectivity index (χ4v) is 2.71. The van der Waals surface area contributed by atoms with Gasteiger partial charge in [0.15, 0.2) is 0 Å². The van der Waals surface area contributed by atoms with Crippen molar-refractivity contribution in [1.82, 2.24) is 0 Å². The molecule has 0 aliphatic heterocycles. The van der Waals surface area contributed by atoms with Crippen LogP contribution in [0.2, 0.25) is 0 Å². The minimum atomic E-state index is -4.03. The van der Waals surface area contributed by atoms with E-state index in [1.54, 1.807) is 0 Å². The van der Waals surface area contributed by atoms with Gasteiger partial charge in [-0.1, -0.05) is 30.3 Å². The van der Waals surface area contributed by atoms with Crippen molar-refractivity contribution in [1.29, 1.82) is 0 Å². The van der Waals surface area contributed by atoms with Crippen molar-refractivity contribution in [3.8, 4) is 0 Å². The van der Waals surface area contributed by atoms with Gasteiger partial charge in [-0.2, -0.15) is 0 Å². The molecule has 8 nitrogen and oxygen atoms in total. The van der Waals surface area contributed by atoms with Crippen molar-refractivity contribution in [2.45, 2.75) is 17.4 Å². The number of nitrogens with one attached hydrogen (secondary N) is 1. The van der Waals surface area contributed by atoms with E-state index >= 15 is 0 Å². The monoisotopic (exact) mass is 351 g/mol. The van der Waals surface area contributed by atoms with Crippen LogP contribution < -0.4 is 10.5 Å². The average Bonchev–Trinajstić information content (AvgIpc) is 2.52. The molecule has 0 fully saturated rings. The molecule has 0 aliphatic carbocycles. The van der Waals surface area contributed by atoms with E-state index < -0.39 is 26.7 Å². The Kier molecular flexibility index (Phi) is 5.50. The van der Waals surface area contributed by atoms with Crippen LogP contribution in [0.15, 0.2) is 53.4 Å². The minimum absolute atomic E-state index is 0.0739. The summed E-state index contributed by atoms with van der Waals surface area (Å²) < 4.78 is 22.6. The molecule has 2 aromatic rings. The van der Waals surface area contributed by atoms with E-state index in [0.717, 1.165) is 11.6 Å². The predicted molar refractivity (Wildman–Crippen MR) is 89.1 cm³/mol. The first-order valence-electron chi connectivity index (χ1n) is 7.04. The van der Waals surface area contributed by atoms with Gasteiger partial charge in [-0.15, -0.1) is 0 Å². The van der Waals surface area contributed by atoms with Gasteiger partial charge in [0.05, 0.1) is 15.9 Å². The molecule has 0 saturated carbocycles. The van der Waals surface area contributed by atoms with Crippen molar-refractivity contribution in [3.63, 3.8) is 0 Å². The van der Waals surface area contributed by atoms with Gasteiger partial charge < -0.3 is 10.4 Å². The molecular weight excluding hydrogens is 334 g/mol. The summed E-state index contributed by atoms with van der Waals surface area (Å²) >= 11 is 0. The Bertz CT molecular complexity index is 824. The van der Waals surface area contributed by atoms with Gasteiger partial charge in [-0.05, 0) is 17.7 Å². The highest BCUT2D eigenvalue weighted by molar-refractivity contribution is 7.89. The molecule has 2 aromatic carbocycles. The topological polar surface area (TPSA) is 136 Å². The number of nitrogens with zero attached hydrogens (tertiary/aromatic N) is 1. The van der Waals surface area contributed by atoms with Gasteiger partial charge in [0, 0.05) is 19.0 Å². The number of aliphatic hydroxyl groups is 1. The number of benzene rings is 2. The lowest BCUT2D eigenvalue weighted by Crippen LogP contribution is -2.22. The van der Waals surface area contributed by atoms with Gasteiger partial charge in [0.2, 0.25) is 10.0 Å². The molecule has 0 amide bonds. The van der Waals surface area contributed by atoms with Gasteiger partial charge >= 0.3 is 0 Å². The van der Waals surface area contributed by atoms with E-state index in [9.17, 15) is 23.6 Å². The van der Waals surface area contributed by atoms with Crippen LogP contribution in [0, 0.1) is 10.1 Å². The molecule has 1 atom stereocenters. The normalized spacial score (nSPS) is 12.6. The van der Waals surface area contributed by atoms with Gasteiger partial charge in [0.25, 0.3) is 5.69 Å². The quantitative estimate of drug-likeness (QED) is 0.507. The first-order chi connectivity index (χ1) is 11.3. The molecule has 0 saturated heterocycles. The molecule has 24 heavy (non-hydrogen) atoms. The summed E-state index contributed by atoms with van der Waals surface area (Å²) in [4.78, 5) is 10.1. The minimum Gasteiger partial charge on any atom is -0.391 e. The number of primary sulfonamides is 1. The van der Waals surface area contributed by atoms with Crippen LogP contribution in [0.3, 0.4) is 0 Å². The fraction of sp³-hybridized carbons (Fsp3) is 0.200. The van der Waals surface area contributed by atoms with Gasteiger partial charge in [-0.3, -0.25) is 10.1 Å². The van der Waals surface area contributed by atoms with Crippen molar-refractivity contribution >= 4 is 21.4 Å². The molecule has 128 valence electrons. The molecule has 9 heteroatoms. The van der Waals surface area contributed by atoms with E-state index in [-0.39, 0.29) is 17.1 Å². The second kappa shape index (κ2) is 7.39. The Balaban J connectivity index is 2.10. The average molecular weight is 351 g/mol. The zero-order valence-electron chi connectivity index (χ0n) is 12.6. The molecule has 1 unspecified atom stereocenters. The third-order valence-electron chi connectivity index (χ3n) is 3.34.